The molecular formula is C22H29N3O2. The van der Waals surface area contributed by atoms with Crippen LogP contribution in [0.2, 0.25) is 0 Å². The van der Waals surface area contributed by atoms with Gasteiger partial charge in [-0.15, -0.1) is 0 Å². The number of amides is 2. The molecule has 1 aliphatic rings. The van der Waals surface area contributed by atoms with E-state index in [0.29, 0.717) is 0 Å². The van der Waals surface area contributed by atoms with E-state index in [-0.39, 0.29) is 12.1 Å². The molecule has 0 spiro atoms. The number of benzene rings is 2. The number of nitrogens with one attached hydrogen (secondary N) is 1. The van der Waals surface area contributed by atoms with E-state index >= 15 is 0 Å². The number of nitrogens with zero attached hydrogens (tertiary/aromatic N) is 2. The fourth-order valence-electron chi connectivity index (χ4n) is 3.38. The van der Waals surface area contributed by atoms with Crippen LogP contribution >= 0.6 is 0 Å². The lowest BCUT2D eigenvalue weighted by molar-refractivity contribution is 0.138. The summed E-state index contributed by atoms with van der Waals surface area (Å²) < 4.78 is 5.26. The molecule has 0 unspecified atom stereocenters. The zero-order valence-corrected chi connectivity index (χ0v) is 16.2. The van der Waals surface area contributed by atoms with Crippen LogP contribution in [0.5, 0.6) is 5.75 Å². The summed E-state index contributed by atoms with van der Waals surface area (Å²) in [6.07, 6.45) is 1.06. The maximum atomic E-state index is 12.6. The second-order valence-corrected chi connectivity index (χ2v) is 7.01. The summed E-state index contributed by atoms with van der Waals surface area (Å²) in [4.78, 5) is 16.9. The van der Waals surface area contributed by atoms with Crippen LogP contribution in [0.15, 0.2) is 54.6 Å². The third-order valence-corrected chi connectivity index (χ3v) is 5.15. The molecule has 3 rings (SSSR count). The van der Waals surface area contributed by atoms with Gasteiger partial charge in [-0.05, 0) is 36.6 Å². The molecule has 0 bridgehead atoms. The normalized spacial score (nSPS) is 16.0. The minimum atomic E-state index is -0.0521. The van der Waals surface area contributed by atoms with Crippen molar-refractivity contribution in [3.8, 4) is 5.75 Å². The molecule has 1 N–H and O–H groups in total. The topological polar surface area (TPSA) is 44.8 Å². The van der Waals surface area contributed by atoms with Gasteiger partial charge in [-0.25, -0.2) is 4.79 Å². The van der Waals surface area contributed by atoms with Crippen molar-refractivity contribution in [1.29, 1.82) is 0 Å². The maximum absolute atomic E-state index is 12.6. The van der Waals surface area contributed by atoms with Gasteiger partial charge in [0.2, 0.25) is 0 Å². The highest BCUT2D eigenvalue weighted by Crippen LogP contribution is 2.19. The van der Waals surface area contributed by atoms with E-state index in [0.717, 1.165) is 50.5 Å². The predicted molar refractivity (Wildman–Crippen MR) is 108 cm³/mol. The van der Waals surface area contributed by atoms with Gasteiger partial charge >= 0.3 is 6.03 Å². The third kappa shape index (κ3) is 5.47. The number of piperazine rings is 1. The van der Waals surface area contributed by atoms with Gasteiger partial charge in [0.05, 0.1) is 13.2 Å². The highest BCUT2D eigenvalue weighted by atomic mass is 16.5. The Bertz CT molecular complexity index is 727. The summed E-state index contributed by atoms with van der Waals surface area (Å²) in [5, 5.41) is 3.10. The highest BCUT2D eigenvalue weighted by Gasteiger charge is 2.22. The lowest BCUT2D eigenvalue weighted by atomic mass is 10.1. The first kappa shape index (κ1) is 19.2. The molecule has 2 aromatic carbocycles. The van der Waals surface area contributed by atoms with Crippen molar-refractivity contribution < 1.29 is 9.53 Å². The van der Waals surface area contributed by atoms with Crippen LogP contribution in [-0.4, -0.2) is 55.7 Å². The molecule has 0 aromatic heterocycles. The molecule has 5 nitrogen and oxygen atoms in total. The molecule has 0 aliphatic carbocycles. The number of rotatable bonds is 6. The van der Waals surface area contributed by atoms with Gasteiger partial charge in [0.25, 0.3) is 0 Å². The summed E-state index contributed by atoms with van der Waals surface area (Å²) in [7, 11) is 1.65. The molecule has 2 aromatic rings. The number of hydrogen-bond donors (Lipinski definition) is 1. The quantitative estimate of drug-likeness (QED) is 0.852. The summed E-state index contributed by atoms with van der Waals surface area (Å²) in [5.74, 6) is 0.806. The Labute approximate surface area is 161 Å². The van der Waals surface area contributed by atoms with E-state index in [2.05, 4.69) is 34.5 Å². The minimum absolute atomic E-state index is 0.00743. The van der Waals surface area contributed by atoms with E-state index in [1.165, 1.54) is 5.56 Å². The first-order valence-corrected chi connectivity index (χ1v) is 9.61. The van der Waals surface area contributed by atoms with Gasteiger partial charge in [-0.2, -0.15) is 0 Å². The van der Waals surface area contributed by atoms with Crippen molar-refractivity contribution in [3.05, 3.63) is 65.7 Å². The molecule has 1 atom stereocenters. The van der Waals surface area contributed by atoms with E-state index in [1.54, 1.807) is 7.11 Å². The van der Waals surface area contributed by atoms with Crippen LogP contribution in [0.1, 0.15) is 24.1 Å². The SMILES string of the molecule is COc1cccc([C@H](C)NC(=O)N2CCN(CCc3ccccc3)CC2)c1. The van der Waals surface area contributed by atoms with Crippen molar-refractivity contribution in [2.75, 3.05) is 39.8 Å². The molecule has 27 heavy (non-hydrogen) atoms. The number of ether oxygens (including phenoxy) is 1. The number of carbonyl (C=O) groups is 1. The second kappa shape index (κ2) is 9.42. The van der Waals surface area contributed by atoms with E-state index in [1.807, 2.05) is 42.2 Å². The Morgan fingerprint density at radius 1 is 1.07 bits per heavy atom. The van der Waals surface area contributed by atoms with Crippen molar-refractivity contribution in [1.82, 2.24) is 15.1 Å². The van der Waals surface area contributed by atoms with Crippen LogP contribution in [0.3, 0.4) is 0 Å². The first-order chi connectivity index (χ1) is 13.2. The summed E-state index contributed by atoms with van der Waals surface area (Å²) in [6, 6.07) is 18.3. The third-order valence-electron chi connectivity index (χ3n) is 5.15. The lowest BCUT2D eigenvalue weighted by Crippen LogP contribution is -2.52. The standard InChI is InChI=1S/C22H29N3O2/c1-18(20-9-6-10-21(17-20)27-2)23-22(26)25-15-13-24(14-16-25)12-11-19-7-4-3-5-8-19/h3-10,17-18H,11-16H2,1-2H3,(H,23,26)/t18-/m0/s1. The molecule has 1 saturated heterocycles. The number of urea groups is 1. The van der Waals surface area contributed by atoms with Gasteiger partial charge in [-0.1, -0.05) is 42.5 Å². The fraction of sp³-hybridized carbons (Fsp3) is 0.409. The maximum Gasteiger partial charge on any atom is 0.317 e. The van der Waals surface area contributed by atoms with Crippen LogP contribution in [-0.2, 0) is 6.42 Å². The lowest BCUT2D eigenvalue weighted by Gasteiger charge is -2.35. The molecular weight excluding hydrogens is 338 g/mol. The van der Waals surface area contributed by atoms with E-state index < -0.39 is 0 Å². The Balaban J connectivity index is 1.44. The highest BCUT2D eigenvalue weighted by molar-refractivity contribution is 5.74. The Hall–Kier alpha value is -2.53. The zero-order chi connectivity index (χ0) is 19.1. The molecule has 5 heteroatoms. The van der Waals surface area contributed by atoms with Crippen LogP contribution in [0.25, 0.3) is 0 Å². The number of hydrogen-bond acceptors (Lipinski definition) is 3. The largest absolute Gasteiger partial charge is 0.497 e. The van der Waals surface area contributed by atoms with Gasteiger partial charge in [-0.3, -0.25) is 4.90 Å². The Kier molecular flexibility index (Phi) is 6.71. The molecule has 1 aliphatic heterocycles. The van der Waals surface area contributed by atoms with Crippen molar-refractivity contribution in [2.45, 2.75) is 19.4 Å². The van der Waals surface area contributed by atoms with E-state index in [9.17, 15) is 4.79 Å². The molecule has 1 fully saturated rings. The van der Waals surface area contributed by atoms with Gasteiger partial charge in [0.15, 0.2) is 0 Å². The monoisotopic (exact) mass is 367 g/mol. The molecule has 144 valence electrons. The van der Waals surface area contributed by atoms with Gasteiger partial charge < -0.3 is 15.0 Å². The molecule has 0 radical (unpaired) electrons. The van der Waals surface area contributed by atoms with Crippen LogP contribution in [0, 0.1) is 0 Å². The van der Waals surface area contributed by atoms with Crippen LogP contribution < -0.4 is 10.1 Å². The fourth-order valence-corrected chi connectivity index (χ4v) is 3.38. The van der Waals surface area contributed by atoms with Crippen molar-refractivity contribution >= 4 is 6.03 Å². The van der Waals surface area contributed by atoms with Crippen molar-refractivity contribution in [3.63, 3.8) is 0 Å². The van der Waals surface area contributed by atoms with Gasteiger partial charge in [0, 0.05) is 32.7 Å². The smallest absolute Gasteiger partial charge is 0.317 e. The summed E-state index contributed by atoms with van der Waals surface area (Å²) in [5.41, 5.74) is 2.41. The average Bonchev–Trinajstić information content (AvgIpc) is 2.73. The van der Waals surface area contributed by atoms with Gasteiger partial charge in [0.1, 0.15) is 5.75 Å². The zero-order valence-electron chi connectivity index (χ0n) is 16.2. The Morgan fingerprint density at radius 2 is 1.81 bits per heavy atom. The number of carbonyl (C=O) groups excluding carboxylic acids is 1. The summed E-state index contributed by atoms with van der Waals surface area (Å²) >= 11 is 0. The van der Waals surface area contributed by atoms with Crippen molar-refractivity contribution in [2.24, 2.45) is 0 Å². The number of methoxy groups -OCH3 is 1. The van der Waals surface area contributed by atoms with Crippen LogP contribution in [0.4, 0.5) is 4.79 Å². The second-order valence-electron chi connectivity index (χ2n) is 7.01. The first-order valence-electron chi connectivity index (χ1n) is 9.61. The minimum Gasteiger partial charge on any atom is -0.497 e. The predicted octanol–water partition coefficient (Wildman–Crippen LogP) is 3.33. The summed E-state index contributed by atoms with van der Waals surface area (Å²) in [6.45, 7) is 6.43. The average molecular weight is 367 g/mol. The Morgan fingerprint density at radius 3 is 2.52 bits per heavy atom. The molecule has 0 saturated carbocycles. The van der Waals surface area contributed by atoms with E-state index in [4.69, 9.17) is 4.74 Å². The molecule has 1 heterocycles. The molecule has 2 amide bonds.